The average Bonchev–Trinajstić information content (AvgIpc) is 3.19. The number of aliphatic hydroxyl groups is 1. The Morgan fingerprint density at radius 2 is 1.77 bits per heavy atom. The van der Waals surface area contributed by atoms with Crippen LogP contribution in [0.2, 0.25) is 0 Å². The summed E-state index contributed by atoms with van der Waals surface area (Å²) in [6, 6.07) is 7.09. The van der Waals surface area contributed by atoms with E-state index in [4.69, 9.17) is 9.84 Å². The van der Waals surface area contributed by atoms with E-state index in [1.807, 2.05) is 39.8 Å². The Morgan fingerprint density at radius 1 is 1.13 bits per heavy atom. The fourth-order valence-corrected chi connectivity index (χ4v) is 2.60. The molecule has 0 aliphatic heterocycles. The lowest BCUT2D eigenvalue weighted by Gasteiger charge is -2.24. The molecule has 0 saturated heterocycles. The topological polar surface area (TPSA) is 118 Å². The van der Waals surface area contributed by atoms with Crippen LogP contribution < -0.4 is 10.6 Å². The Labute approximate surface area is 184 Å². The molecule has 0 radical (unpaired) electrons. The molecule has 2 aromatic rings. The molecule has 0 aliphatic rings. The number of nitrogens with one attached hydrogen (secondary N) is 2. The second-order valence-corrected chi connectivity index (χ2v) is 7.29. The van der Waals surface area contributed by atoms with Crippen molar-refractivity contribution in [3.05, 3.63) is 36.0 Å². The van der Waals surface area contributed by atoms with Crippen LogP contribution in [0.3, 0.4) is 0 Å². The van der Waals surface area contributed by atoms with E-state index < -0.39 is 5.60 Å². The van der Waals surface area contributed by atoms with Crippen molar-refractivity contribution in [2.45, 2.75) is 46.1 Å². The highest BCUT2D eigenvalue weighted by Gasteiger charge is 2.17. The molecular formula is C22H35N5O4. The molecule has 0 aliphatic carbocycles. The number of nitrogens with zero attached hydrogens (tertiary/aromatic N) is 3. The first kappa shape index (κ1) is 26.3. The van der Waals surface area contributed by atoms with E-state index in [9.17, 15) is 9.59 Å². The van der Waals surface area contributed by atoms with Gasteiger partial charge in [0.05, 0.1) is 18.4 Å². The number of rotatable bonds is 11. The van der Waals surface area contributed by atoms with Crippen LogP contribution in [0.4, 0.5) is 0 Å². The predicted octanol–water partition coefficient (Wildman–Crippen LogP) is 1.92. The molecular weight excluding hydrogens is 398 g/mol. The van der Waals surface area contributed by atoms with Gasteiger partial charge in [-0.25, -0.2) is 0 Å². The number of aliphatic hydroxyl groups excluding tert-OH is 1. The minimum Gasteiger partial charge on any atom is -0.396 e. The van der Waals surface area contributed by atoms with Gasteiger partial charge >= 0.3 is 0 Å². The number of carbonyl (C=O) groups excluding carboxylic acids is 2. The molecule has 31 heavy (non-hydrogen) atoms. The molecule has 9 heteroatoms. The SMILES string of the molecule is CC.Cn1cc(-c2ccc(C(=O)NCCNC(=O)CCOC(C)(C)CCO)cc2)nn1. The monoisotopic (exact) mass is 433 g/mol. The third-order valence-electron chi connectivity index (χ3n) is 4.31. The third-order valence-corrected chi connectivity index (χ3v) is 4.31. The van der Waals surface area contributed by atoms with Gasteiger partial charge in [-0.2, -0.15) is 0 Å². The highest BCUT2D eigenvalue weighted by molar-refractivity contribution is 5.94. The number of aromatic nitrogens is 3. The number of hydrogen-bond acceptors (Lipinski definition) is 6. The Bertz CT molecular complexity index is 802. The third kappa shape index (κ3) is 9.71. The lowest BCUT2D eigenvalue weighted by atomic mass is 10.1. The first-order chi connectivity index (χ1) is 14.8. The summed E-state index contributed by atoms with van der Waals surface area (Å²) < 4.78 is 7.20. The Hall–Kier alpha value is -2.78. The predicted molar refractivity (Wildman–Crippen MR) is 119 cm³/mol. The number of benzene rings is 1. The summed E-state index contributed by atoms with van der Waals surface area (Å²) in [5, 5.41) is 22.4. The fourth-order valence-electron chi connectivity index (χ4n) is 2.60. The summed E-state index contributed by atoms with van der Waals surface area (Å²) in [5.41, 5.74) is 1.70. The van der Waals surface area contributed by atoms with Crippen LogP contribution in [0.1, 0.15) is 50.9 Å². The molecule has 172 valence electrons. The minimum atomic E-state index is -0.453. The van der Waals surface area contributed by atoms with Crippen LogP contribution >= 0.6 is 0 Å². The molecule has 0 saturated carbocycles. The summed E-state index contributed by atoms with van der Waals surface area (Å²) >= 11 is 0. The van der Waals surface area contributed by atoms with Crippen LogP contribution in [0.5, 0.6) is 0 Å². The zero-order valence-electron chi connectivity index (χ0n) is 19.1. The van der Waals surface area contributed by atoms with E-state index in [1.54, 1.807) is 30.1 Å². The van der Waals surface area contributed by atoms with Crippen molar-refractivity contribution < 1.29 is 19.4 Å². The van der Waals surface area contributed by atoms with Crippen molar-refractivity contribution in [2.24, 2.45) is 7.05 Å². The molecule has 0 unspecified atom stereocenters. The maximum absolute atomic E-state index is 12.2. The van der Waals surface area contributed by atoms with Gasteiger partial charge in [-0.15, -0.1) is 5.10 Å². The van der Waals surface area contributed by atoms with Crippen molar-refractivity contribution in [3.63, 3.8) is 0 Å². The van der Waals surface area contributed by atoms with E-state index in [0.717, 1.165) is 11.3 Å². The second kappa shape index (κ2) is 13.5. The lowest BCUT2D eigenvalue weighted by Crippen LogP contribution is -2.35. The fraction of sp³-hybridized carbons (Fsp3) is 0.545. The van der Waals surface area contributed by atoms with Crippen LogP contribution in [-0.4, -0.2) is 63.8 Å². The Balaban J connectivity index is 0.00000233. The summed E-state index contributed by atoms with van der Waals surface area (Å²) in [5.74, 6) is -0.355. The highest BCUT2D eigenvalue weighted by atomic mass is 16.5. The van der Waals surface area contributed by atoms with Gasteiger partial charge in [0.2, 0.25) is 5.91 Å². The largest absolute Gasteiger partial charge is 0.396 e. The molecule has 1 aromatic heterocycles. The summed E-state index contributed by atoms with van der Waals surface area (Å²) in [4.78, 5) is 24.0. The molecule has 0 spiro atoms. The van der Waals surface area contributed by atoms with Gasteiger partial charge < -0.3 is 20.5 Å². The summed E-state index contributed by atoms with van der Waals surface area (Å²) in [6.07, 6.45) is 2.55. The van der Waals surface area contributed by atoms with Crippen molar-refractivity contribution in [2.75, 3.05) is 26.3 Å². The van der Waals surface area contributed by atoms with E-state index in [2.05, 4.69) is 20.9 Å². The zero-order valence-corrected chi connectivity index (χ0v) is 19.1. The van der Waals surface area contributed by atoms with Crippen LogP contribution in [-0.2, 0) is 16.6 Å². The van der Waals surface area contributed by atoms with Crippen molar-refractivity contribution in [1.82, 2.24) is 25.6 Å². The van der Waals surface area contributed by atoms with Gasteiger partial charge in [0.25, 0.3) is 5.91 Å². The molecule has 3 N–H and O–H groups in total. The van der Waals surface area contributed by atoms with Crippen LogP contribution in [0, 0.1) is 0 Å². The van der Waals surface area contributed by atoms with Crippen molar-refractivity contribution >= 4 is 11.8 Å². The molecule has 0 bridgehead atoms. The molecule has 0 fully saturated rings. The van der Waals surface area contributed by atoms with Crippen LogP contribution in [0.25, 0.3) is 11.3 Å². The van der Waals surface area contributed by atoms with E-state index >= 15 is 0 Å². The minimum absolute atomic E-state index is 0.0436. The lowest BCUT2D eigenvalue weighted by molar-refractivity contribution is -0.123. The number of hydrogen-bond donors (Lipinski definition) is 3. The Kier molecular flexibility index (Phi) is 11.4. The summed E-state index contributed by atoms with van der Waals surface area (Å²) in [7, 11) is 1.79. The van der Waals surface area contributed by atoms with Gasteiger partial charge in [0.1, 0.15) is 5.69 Å². The van der Waals surface area contributed by atoms with E-state index in [-0.39, 0.29) is 31.4 Å². The molecule has 9 nitrogen and oxygen atoms in total. The number of aryl methyl sites for hydroxylation is 1. The standard InChI is InChI=1S/C20H29N5O4.C2H6/c1-20(2,9-12-26)29-13-8-18(27)21-10-11-22-19(28)16-6-4-15(5-7-16)17-14-25(3)24-23-17;1-2/h4-7,14,26H,8-13H2,1-3H3,(H,21,27)(H,22,28);1-2H3. The smallest absolute Gasteiger partial charge is 0.251 e. The molecule has 0 atom stereocenters. The molecule has 1 heterocycles. The molecule has 2 amide bonds. The first-order valence-electron chi connectivity index (χ1n) is 10.6. The maximum Gasteiger partial charge on any atom is 0.251 e. The normalized spacial score (nSPS) is 10.8. The quantitative estimate of drug-likeness (QED) is 0.466. The molecule has 1 aromatic carbocycles. The van der Waals surface area contributed by atoms with Gasteiger partial charge in [-0.3, -0.25) is 14.3 Å². The number of ether oxygens (including phenoxy) is 1. The Morgan fingerprint density at radius 3 is 2.35 bits per heavy atom. The van der Waals surface area contributed by atoms with Gasteiger partial charge in [-0.05, 0) is 32.4 Å². The molecule has 2 rings (SSSR count). The number of carbonyl (C=O) groups is 2. The van der Waals surface area contributed by atoms with Crippen molar-refractivity contribution in [3.8, 4) is 11.3 Å². The van der Waals surface area contributed by atoms with Gasteiger partial charge in [0, 0.05) is 44.3 Å². The van der Waals surface area contributed by atoms with E-state index in [0.29, 0.717) is 25.1 Å². The first-order valence-corrected chi connectivity index (χ1v) is 10.6. The van der Waals surface area contributed by atoms with Crippen LogP contribution in [0.15, 0.2) is 30.5 Å². The van der Waals surface area contributed by atoms with Crippen molar-refractivity contribution in [1.29, 1.82) is 0 Å². The zero-order chi connectivity index (χ0) is 23.3. The highest BCUT2D eigenvalue weighted by Crippen LogP contribution is 2.16. The maximum atomic E-state index is 12.2. The van der Waals surface area contributed by atoms with Gasteiger partial charge in [-0.1, -0.05) is 31.2 Å². The number of amides is 2. The second-order valence-electron chi connectivity index (χ2n) is 7.29. The van der Waals surface area contributed by atoms with E-state index in [1.165, 1.54) is 0 Å². The average molecular weight is 434 g/mol. The van der Waals surface area contributed by atoms with Gasteiger partial charge in [0.15, 0.2) is 0 Å². The summed E-state index contributed by atoms with van der Waals surface area (Å²) in [6.45, 7) is 8.73.